The number of halogens is 1. The highest BCUT2D eigenvalue weighted by Crippen LogP contribution is 2.23. The Hall–Kier alpha value is -0.990. The van der Waals surface area contributed by atoms with Crippen molar-refractivity contribution >= 4 is 28.6 Å². The van der Waals surface area contributed by atoms with Crippen molar-refractivity contribution in [2.45, 2.75) is 20.4 Å². The summed E-state index contributed by atoms with van der Waals surface area (Å²) in [6.07, 6.45) is 0. The highest BCUT2D eigenvalue weighted by Gasteiger charge is 2.01. The number of hydrogen-bond donors (Lipinski definition) is 1. The molecule has 16 heavy (non-hydrogen) atoms. The number of hydrogen-bond acceptors (Lipinski definition) is 2. The smallest absolute Gasteiger partial charge is 0.0931 e. The van der Waals surface area contributed by atoms with Gasteiger partial charge in [-0.2, -0.15) is 0 Å². The topological polar surface area (TPSA) is 12.0 Å². The summed E-state index contributed by atoms with van der Waals surface area (Å²) in [6, 6.07) is 10.3. The van der Waals surface area contributed by atoms with Crippen molar-refractivity contribution in [3.63, 3.8) is 0 Å². The predicted molar refractivity (Wildman–Crippen MR) is 72.6 cm³/mol. The zero-order chi connectivity index (χ0) is 11.5. The van der Waals surface area contributed by atoms with Gasteiger partial charge in [0.15, 0.2) is 0 Å². The molecule has 1 N–H and O–H groups in total. The Labute approximate surface area is 105 Å². The largest absolute Gasteiger partial charge is 0.380 e. The molecule has 0 radical (unpaired) electrons. The van der Waals surface area contributed by atoms with Crippen molar-refractivity contribution in [2.75, 3.05) is 5.32 Å². The van der Waals surface area contributed by atoms with Crippen molar-refractivity contribution in [3.05, 3.63) is 50.7 Å². The van der Waals surface area contributed by atoms with Crippen LogP contribution in [0, 0.1) is 13.8 Å². The first-order valence-corrected chi connectivity index (χ1v) is 6.40. The molecular formula is C13H14ClNS. The maximum Gasteiger partial charge on any atom is 0.0931 e. The van der Waals surface area contributed by atoms with Gasteiger partial charge in [0.1, 0.15) is 0 Å². The lowest BCUT2D eigenvalue weighted by Crippen LogP contribution is -2.00. The summed E-state index contributed by atoms with van der Waals surface area (Å²) in [4.78, 5) is 1.26. The van der Waals surface area contributed by atoms with Gasteiger partial charge in [-0.25, -0.2) is 0 Å². The van der Waals surface area contributed by atoms with E-state index >= 15 is 0 Å². The molecule has 1 nitrogen and oxygen atoms in total. The standard InChI is InChI=1S/C13H14ClNS/c1-9-4-3-5-12(10(9)2)15-8-11-6-7-13(14)16-11/h3-7,15H,8H2,1-2H3. The van der Waals surface area contributed by atoms with E-state index in [1.54, 1.807) is 11.3 Å². The quantitative estimate of drug-likeness (QED) is 0.839. The van der Waals surface area contributed by atoms with Crippen LogP contribution < -0.4 is 5.32 Å². The van der Waals surface area contributed by atoms with Gasteiger partial charge >= 0.3 is 0 Å². The van der Waals surface area contributed by atoms with Crippen LogP contribution in [-0.2, 0) is 6.54 Å². The van der Waals surface area contributed by atoms with E-state index in [2.05, 4.69) is 43.4 Å². The van der Waals surface area contributed by atoms with E-state index in [9.17, 15) is 0 Å². The van der Waals surface area contributed by atoms with Gasteiger partial charge < -0.3 is 5.32 Å². The SMILES string of the molecule is Cc1cccc(NCc2ccc(Cl)s2)c1C. The lowest BCUT2D eigenvalue weighted by molar-refractivity contribution is 1.17. The maximum absolute atomic E-state index is 5.89. The normalized spacial score (nSPS) is 10.4. The van der Waals surface area contributed by atoms with E-state index in [0.717, 1.165) is 10.9 Å². The van der Waals surface area contributed by atoms with Gasteiger partial charge in [-0.3, -0.25) is 0 Å². The molecule has 3 heteroatoms. The summed E-state index contributed by atoms with van der Waals surface area (Å²) in [5.41, 5.74) is 3.82. The van der Waals surface area contributed by atoms with E-state index in [1.165, 1.54) is 21.7 Å². The van der Waals surface area contributed by atoms with E-state index in [4.69, 9.17) is 11.6 Å². The first kappa shape index (κ1) is 11.5. The number of aryl methyl sites for hydroxylation is 1. The minimum absolute atomic E-state index is 0.835. The van der Waals surface area contributed by atoms with E-state index in [-0.39, 0.29) is 0 Å². The molecule has 2 aromatic rings. The van der Waals surface area contributed by atoms with Gasteiger partial charge in [-0.1, -0.05) is 23.7 Å². The number of nitrogens with one attached hydrogen (secondary N) is 1. The fraction of sp³-hybridized carbons (Fsp3) is 0.231. The summed E-state index contributed by atoms with van der Waals surface area (Å²) in [5.74, 6) is 0. The van der Waals surface area contributed by atoms with Crippen LogP contribution >= 0.6 is 22.9 Å². The lowest BCUT2D eigenvalue weighted by atomic mass is 10.1. The maximum atomic E-state index is 5.89. The molecule has 84 valence electrons. The Bertz CT molecular complexity index is 490. The molecule has 0 aliphatic heterocycles. The molecule has 0 amide bonds. The second-order valence-corrected chi connectivity index (χ2v) is 5.61. The van der Waals surface area contributed by atoms with Crippen molar-refractivity contribution < 1.29 is 0 Å². The molecule has 2 rings (SSSR count). The lowest BCUT2D eigenvalue weighted by Gasteiger charge is -2.10. The Balaban J connectivity index is 2.07. The molecule has 0 fully saturated rings. The summed E-state index contributed by atoms with van der Waals surface area (Å²) in [7, 11) is 0. The van der Waals surface area contributed by atoms with Gasteiger partial charge in [-0.15, -0.1) is 11.3 Å². The number of rotatable bonds is 3. The number of benzene rings is 1. The fourth-order valence-electron chi connectivity index (χ4n) is 1.57. The first-order chi connectivity index (χ1) is 7.66. The second-order valence-electron chi connectivity index (χ2n) is 3.81. The molecule has 1 heterocycles. The van der Waals surface area contributed by atoms with Crippen LogP contribution in [0.4, 0.5) is 5.69 Å². The van der Waals surface area contributed by atoms with Crippen molar-refractivity contribution in [2.24, 2.45) is 0 Å². The molecule has 0 bridgehead atoms. The van der Waals surface area contributed by atoms with Gasteiger partial charge in [0.2, 0.25) is 0 Å². The summed E-state index contributed by atoms with van der Waals surface area (Å²) in [6.45, 7) is 5.10. The van der Waals surface area contributed by atoms with Crippen LogP contribution in [0.1, 0.15) is 16.0 Å². The Morgan fingerprint density at radius 1 is 1.19 bits per heavy atom. The van der Waals surface area contributed by atoms with Crippen LogP contribution in [-0.4, -0.2) is 0 Å². The average Bonchev–Trinajstić information content (AvgIpc) is 2.67. The second kappa shape index (κ2) is 4.89. The zero-order valence-corrected chi connectivity index (χ0v) is 11.0. The third kappa shape index (κ3) is 2.57. The average molecular weight is 252 g/mol. The summed E-state index contributed by atoms with van der Waals surface area (Å²) < 4.78 is 0.845. The third-order valence-electron chi connectivity index (χ3n) is 2.69. The third-order valence-corrected chi connectivity index (χ3v) is 3.92. The fourth-order valence-corrected chi connectivity index (χ4v) is 2.60. The molecule has 1 aromatic heterocycles. The molecule has 0 aliphatic carbocycles. The molecular weight excluding hydrogens is 238 g/mol. The highest BCUT2D eigenvalue weighted by atomic mass is 35.5. The van der Waals surface area contributed by atoms with Crippen LogP contribution in [0.3, 0.4) is 0 Å². The molecule has 0 saturated heterocycles. The number of anilines is 1. The van der Waals surface area contributed by atoms with E-state index < -0.39 is 0 Å². The van der Waals surface area contributed by atoms with Crippen LogP contribution in [0.25, 0.3) is 0 Å². The monoisotopic (exact) mass is 251 g/mol. The van der Waals surface area contributed by atoms with Crippen LogP contribution in [0.2, 0.25) is 4.34 Å². The van der Waals surface area contributed by atoms with Crippen molar-refractivity contribution in [1.82, 2.24) is 0 Å². The molecule has 0 aliphatic rings. The van der Waals surface area contributed by atoms with Gasteiger partial charge in [0, 0.05) is 17.1 Å². The number of thiophene rings is 1. The molecule has 1 aromatic carbocycles. The predicted octanol–water partition coefficient (Wildman–Crippen LogP) is 4.63. The molecule has 0 spiro atoms. The van der Waals surface area contributed by atoms with Gasteiger partial charge in [-0.05, 0) is 43.2 Å². The Kier molecular flexibility index (Phi) is 3.52. The van der Waals surface area contributed by atoms with Crippen molar-refractivity contribution in [1.29, 1.82) is 0 Å². The molecule has 0 saturated carbocycles. The Morgan fingerprint density at radius 3 is 2.69 bits per heavy atom. The summed E-state index contributed by atoms with van der Waals surface area (Å²) in [5, 5.41) is 3.44. The first-order valence-electron chi connectivity index (χ1n) is 5.21. The van der Waals surface area contributed by atoms with Crippen LogP contribution in [0.15, 0.2) is 30.3 Å². The van der Waals surface area contributed by atoms with Gasteiger partial charge in [0.05, 0.1) is 4.34 Å². The van der Waals surface area contributed by atoms with Crippen molar-refractivity contribution in [3.8, 4) is 0 Å². The van der Waals surface area contributed by atoms with E-state index in [1.807, 2.05) is 6.07 Å². The van der Waals surface area contributed by atoms with E-state index in [0.29, 0.717) is 0 Å². The molecule has 0 atom stereocenters. The van der Waals surface area contributed by atoms with Crippen LogP contribution in [0.5, 0.6) is 0 Å². The van der Waals surface area contributed by atoms with Gasteiger partial charge in [0.25, 0.3) is 0 Å². The molecule has 0 unspecified atom stereocenters. The summed E-state index contributed by atoms with van der Waals surface area (Å²) >= 11 is 7.51. The minimum atomic E-state index is 0.835. The minimum Gasteiger partial charge on any atom is -0.380 e. The zero-order valence-electron chi connectivity index (χ0n) is 9.38. The Morgan fingerprint density at radius 2 is 2.00 bits per heavy atom. The highest BCUT2D eigenvalue weighted by molar-refractivity contribution is 7.16.